The molecule has 0 aliphatic carbocycles. The van der Waals surface area contributed by atoms with Crippen molar-refractivity contribution in [1.29, 1.82) is 0 Å². The summed E-state index contributed by atoms with van der Waals surface area (Å²) >= 11 is 0. The Balaban J connectivity index is 2.20. The summed E-state index contributed by atoms with van der Waals surface area (Å²) in [6.07, 6.45) is 3.62. The van der Waals surface area contributed by atoms with E-state index in [-0.39, 0.29) is 17.0 Å². The highest BCUT2D eigenvalue weighted by Crippen LogP contribution is 2.15. The summed E-state index contributed by atoms with van der Waals surface area (Å²) < 4.78 is 4.44. The topological polar surface area (TPSA) is 82.1 Å². The summed E-state index contributed by atoms with van der Waals surface area (Å²) in [7, 11) is 1.76. The molecule has 7 nitrogen and oxygen atoms in total. The quantitative estimate of drug-likeness (QED) is 0.785. The summed E-state index contributed by atoms with van der Waals surface area (Å²) in [4.78, 5) is 29.6. The molecule has 0 saturated carbocycles. The maximum atomic E-state index is 12.6. The van der Waals surface area contributed by atoms with E-state index < -0.39 is 0 Å². The highest BCUT2D eigenvalue weighted by atomic mass is 16.3. The number of rotatable bonds is 4. The van der Waals surface area contributed by atoms with E-state index in [0.29, 0.717) is 30.1 Å². The number of aryl methyl sites for hydroxylation is 2. The molecule has 0 amide bonds. The second-order valence-electron chi connectivity index (χ2n) is 5.70. The predicted molar refractivity (Wildman–Crippen MR) is 97.6 cm³/mol. The van der Waals surface area contributed by atoms with Gasteiger partial charge in [-0.05, 0) is 37.6 Å². The standard InChI is InChI=1S/C18H20N4O3/c1-4-21-16-15(17(24)22(5-2)18(21)25)20(3)14(19-16)11-8-12-6-9-13(23)10-7-12/h6-11,23H,4-5H2,1-3H3/b11-8+. The summed E-state index contributed by atoms with van der Waals surface area (Å²) in [6.45, 7) is 4.38. The minimum atomic E-state index is -0.338. The van der Waals surface area contributed by atoms with Crippen LogP contribution in [0.5, 0.6) is 5.75 Å². The van der Waals surface area contributed by atoms with Crippen molar-refractivity contribution in [3.05, 3.63) is 56.5 Å². The van der Waals surface area contributed by atoms with Crippen molar-refractivity contribution in [3.8, 4) is 5.75 Å². The Morgan fingerprint density at radius 1 is 1.04 bits per heavy atom. The number of hydrogen-bond donors (Lipinski definition) is 1. The van der Waals surface area contributed by atoms with Crippen molar-refractivity contribution in [1.82, 2.24) is 18.7 Å². The van der Waals surface area contributed by atoms with E-state index in [9.17, 15) is 14.7 Å². The number of imidazole rings is 1. The molecule has 25 heavy (non-hydrogen) atoms. The number of aromatic nitrogens is 4. The van der Waals surface area contributed by atoms with Crippen LogP contribution in [0, 0.1) is 0 Å². The highest BCUT2D eigenvalue weighted by Gasteiger charge is 2.17. The number of fused-ring (bicyclic) bond motifs is 1. The lowest BCUT2D eigenvalue weighted by atomic mass is 10.2. The van der Waals surface area contributed by atoms with Gasteiger partial charge >= 0.3 is 5.69 Å². The molecule has 3 aromatic rings. The van der Waals surface area contributed by atoms with Gasteiger partial charge in [0.05, 0.1) is 0 Å². The third-order valence-corrected chi connectivity index (χ3v) is 4.23. The van der Waals surface area contributed by atoms with Crippen molar-refractivity contribution in [2.45, 2.75) is 26.9 Å². The molecule has 0 saturated heterocycles. The van der Waals surface area contributed by atoms with Crippen LogP contribution in [0.4, 0.5) is 0 Å². The van der Waals surface area contributed by atoms with Gasteiger partial charge in [-0.1, -0.05) is 18.2 Å². The smallest absolute Gasteiger partial charge is 0.332 e. The molecule has 130 valence electrons. The second kappa shape index (κ2) is 6.43. The van der Waals surface area contributed by atoms with Crippen molar-refractivity contribution >= 4 is 23.3 Å². The van der Waals surface area contributed by atoms with Crippen LogP contribution in [0.2, 0.25) is 0 Å². The third kappa shape index (κ3) is 2.77. The van der Waals surface area contributed by atoms with Crippen molar-refractivity contribution in [2.75, 3.05) is 0 Å². The molecule has 0 spiro atoms. The fraction of sp³-hybridized carbons (Fsp3) is 0.278. The maximum absolute atomic E-state index is 12.6. The van der Waals surface area contributed by atoms with Gasteiger partial charge in [0.1, 0.15) is 11.6 Å². The van der Waals surface area contributed by atoms with Crippen LogP contribution >= 0.6 is 0 Å². The summed E-state index contributed by atoms with van der Waals surface area (Å²) in [5.74, 6) is 0.780. The van der Waals surface area contributed by atoms with Crippen molar-refractivity contribution in [2.24, 2.45) is 7.05 Å². The van der Waals surface area contributed by atoms with Crippen molar-refractivity contribution in [3.63, 3.8) is 0 Å². The Hall–Kier alpha value is -3.09. The third-order valence-electron chi connectivity index (χ3n) is 4.23. The van der Waals surface area contributed by atoms with Crippen LogP contribution < -0.4 is 11.2 Å². The first-order chi connectivity index (χ1) is 12.0. The number of aromatic hydroxyl groups is 1. The molecule has 7 heteroatoms. The van der Waals surface area contributed by atoms with Gasteiger partial charge in [-0.15, -0.1) is 0 Å². The van der Waals surface area contributed by atoms with Crippen molar-refractivity contribution < 1.29 is 5.11 Å². The number of phenols is 1. The van der Waals surface area contributed by atoms with E-state index in [1.807, 2.05) is 13.0 Å². The van der Waals surface area contributed by atoms with E-state index in [1.165, 1.54) is 9.13 Å². The van der Waals surface area contributed by atoms with Gasteiger partial charge in [0.2, 0.25) is 0 Å². The lowest BCUT2D eigenvalue weighted by molar-refractivity contribution is 0.475. The van der Waals surface area contributed by atoms with Gasteiger partial charge in [0, 0.05) is 20.1 Å². The minimum absolute atomic E-state index is 0.201. The first kappa shape index (κ1) is 16.8. The van der Waals surface area contributed by atoms with E-state index in [0.717, 1.165) is 5.56 Å². The fourth-order valence-electron chi connectivity index (χ4n) is 2.85. The Bertz CT molecular complexity index is 1070. The second-order valence-corrected chi connectivity index (χ2v) is 5.70. The molecule has 0 bridgehead atoms. The monoisotopic (exact) mass is 340 g/mol. The van der Waals surface area contributed by atoms with Crippen LogP contribution in [0.15, 0.2) is 33.9 Å². The number of benzene rings is 1. The molecule has 2 heterocycles. The molecule has 1 aromatic carbocycles. The zero-order valence-corrected chi connectivity index (χ0v) is 14.4. The number of phenolic OH excluding ortho intramolecular Hbond substituents is 1. The molecule has 0 aliphatic heterocycles. The molecule has 0 atom stereocenters. The molecule has 0 radical (unpaired) electrons. The number of hydrogen-bond acceptors (Lipinski definition) is 4. The fourth-order valence-corrected chi connectivity index (χ4v) is 2.85. The summed E-state index contributed by atoms with van der Waals surface area (Å²) in [5.41, 5.74) is 1.04. The average molecular weight is 340 g/mol. The van der Waals surface area contributed by atoms with Gasteiger partial charge in [0.25, 0.3) is 5.56 Å². The maximum Gasteiger partial charge on any atom is 0.332 e. The van der Waals surface area contributed by atoms with Crippen LogP contribution in [0.3, 0.4) is 0 Å². The van der Waals surface area contributed by atoms with Gasteiger partial charge in [-0.3, -0.25) is 13.9 Å². The lowest BCUT2D eigenvalue weighted by Gasteiger charge is -2.08. The zero-order chi connectivity index (χ0) is 18.1. The van der Waals surface area contributed by atoms with Crippen LogP contribution in [-0.4, -0.2) is 23.8 Å². The summed E-state index contributed by atoms with van der Waals surface area (Å²) in [5, 5.41) is 9.33. The Kier molecular flexibility index (Phi) is 4.31. The first-order valence-corrected chi connectivity index (χ1v) is 8.15. The lowest BCUT2D eigenvalue weighted by Crippen LogP contribution is -2.39. The summed E-state index contributed by atoms with van der Waals surface area (Å²) in [6, 6.07) is 6.76. The Morgan fingerprint density at radius 2 is 1.68 bits per heavy atom. The zero-order valence-electron chi connectivity index (χ0n) is 14.4. The average Bonchev–Trinajstić information content (AvgIpc) is 2.92. The van der Waals surface area contributed by atoms with Crippen LogP contribution in [0.25, 0.3) is 23.3 Å². The van der Waals surface area contributed by atoms with Gasteiger partial charge in [0.15, 0.2) is 11.2 Å². The van der Waals surface area contributed by atoms with E-state index in [1.54, 1.807) is 48.9 Å². The SMILES string of the molecule is CCn1c(=O)c2c(nc(/C=C/c3ccc(O)cc3)n2C)n(CC)c1=O. The first-order valence-electron chi connectivity index (χ1n) is 8.15. The van der Waals surface area contributed by atoms with Gasteiger partial charge in [-0.2, -0.15) is 0 Å². The van der Waals surface area contributed by atoms with Gasteiger partial charge < -0.3 is 9.67 Å². The number of nitrogens with zero attached hydrogens (tertiary/aromatic N) is 4. The molecule has 1 N–H and O–H groups in total. The van der Waals surface area contributed by atoms with Crippen LogP contribution in [0.1, 0.15) is 25.2 Å². The molecule has 0 aliphatic rings. The van der Waals surface area contributed by atoms with Gasteiger partial charge in [-0.25, -0.2) is 9.78 Å². The molecule has 0 unspecified atom stereocenters. The normalized spacial score (nSPS) is 11.6. The Morgan fingerprint density at radius 3 is 2.28 bits per heavy atom. The van der Waals surface area contributed by atoms with Crippen LogP contribution in [-0.2, 0) is 20.1 Å². The minimum Gasteiger partial charge on any atom is -0.508 e. The molecule has 3 rings (SSSR count). The Labute approximate surface area is 144 Å². The van der Waals surface area contributed by atoms with E-state index in [2.05, 4.69) is 4.98 Å². The molecular formula is C18H20N4O3. The van der Waals surface area contributed by atoms with E-state index >= 15 is 0 Å². The predicted octanol–water partition coefficient (Wildman–Crippen LogP) is 1.81. The largest absolute Gasteiger partial charge is 0.508 e. The van der Waals surface area contributed by atoms with E-state index in [4.69, 9.17) is 0 Å². The molecule has 0 fully saturated rings. The highest BCUT2D eigenvalue weighted by molar-refractivity contribution is 5.76. The molecule has 2 aromatic heterocycles. The molecular weight excluding hydrogens is 320 g/mol.